The van der Waals surface area contributed by atoms with Crippen molar-refractivity contribution in [2.75, 3.05) is 12.4 Å². The van der Waals surface area contributed by atoms with Gasteiger partial charge in [0, 0.05) is 37.7 Å². The molecule has 2 aromatic carbocycles. The lowest BCUT2D eigenvalue weighted by Crippen LogP contribution is -2.44. The molecule has 7 nitrogen and oxygen atoms in total. The van der Waals surface area contributed by atoms with Crippen molar-refractivity contribution in [2.24, 2.45) is 7.05 Å². The first-order chi connectivity index (χ1) is 16.2. The Kier molecular flexibility index (Phi) is 6.02. The normalized spacial score (nSPS) is 15.6. The number of urea groups is 1. The molecule has 3 amide bonds. The summed E-state index contributed by atoms with van der Waals surface area (Å²) in [6.07, 6.45) is 2.96. The van der Waals surface area contributed by atoms with Crippen LogP contribution in [0.25, 0.3) is 11.1 Å². The number of amides is 3. The van der Waals surface area contributed by atoms with Gasteiger partial charge >= 0.3 is 6.03 Å². The zero-order valence-electron chi connectivity index (χ0n) is 18.7. The summed E-state index contributed by atoms with van der Waals surface area (Å²) in [5.74, 6) is -1.57. The van der Waals surface area contributed by atoms with Gasteiger partial charge in [-0.2, -0.15) is 0 Å². The average molecular weight is 464 g/mol. The Hall–Kier alpha value is -4.27. The van der Waals surface area contributed by atoms with Gasteiger partial charge in [-0.3, -0.25) is 9.59 Å². The number of pyridine rings is 1. The van der Waals surface area contributed by atoms with Gasteiger partial charge in [0.2, 0.25) is 0 Å². The Morgan fingerprint density at radius 3 is 2.44 bits per heavy atom. The zero-order valence-corrected chi connectivity index (χ0v) is 18.7. The molecular weight excluding hydrogens is 442 g/mol. The van der Waals surface area contributed by atoms with E-state index in [2.05, 4.69) is 10.6 Å². The smallest absolute Gasteiger partial charge is 0.321 e. The van der Waals surface area contributed by atoms with Gasteiger partial charge in [-0.15, -0.1) is 0 Å². The molecule has 174 valence electrons. The van der Waals surface area contributed by atoms with E-state index in [1.807, 2.05) is 0 Å². The SMILES string of the molecule is Cc1cc(F)c(-c2cccn(C)c2=O)cc1NC(=O)C1=CN(C)C(=O)N[C@H]1c1ccc(F)cc1. The highest BCUT2D eigenvalue weighted by Crippen LogP contribution is 2.30. The minimum absolute atomic E-state index is 0.0558. The summed E-state index contributed by atoms with van der Waals surface area (Å²) in [6, 6.07) is 10.0. The molecule has 1 aliphatic rings. The van der Waals surface area contributed by atoms with E-state index >= 15 is 0 Å². The van der Waals surface area contributed by atoms with Crippen LogP contribution in [-0.2, 0) is 11.8 Å². The lowest BCUT2D eigenvalue weighted by Gasteiger charge is -2.30. The Morgan fingerprint density at radius 2 is 1.74 bits per heavy atom. The van der Waals surface area contributed by atoms with E-state index in [0.717, 1.165) is 0 Å². The first-order valence-corrected chi connectivity index (χ1v) is 10.4. The lowest BCUT2D eigenvalue weighted by atomic mass is 9.96. The highest BCUT2D eigenvalue weighted by Gasteiger charge is 2.31. The Balaban J connectivity index is 1.71. The second kappa shape index (κ2) is 8.93. The van der Waals surface area contributed by atoms with Crippen molar-refractivity contribution in [2.45, 2.75) is 13.0 Å². The maximum Gasteiger partial charge on any atom is 0.321 e. The van der Waals surface area contributed by atoms with Gasteiger partial charge in [0.1, 0.15) is 11.6 Å². The van der Waals surface area contributed by atoms with Crippen LogP contribution in [0.5, 0.6) is 0 Å². The van der Waals surface area contributed by atoms with Gasteiger partial charge < -0.3 is 20.1 Å². The fraction of sp³-hybridized carbons (Fsp3) is 0.160. The molecule has 0 aliphatic carbocycles. The number of nitrogens with zero attached hydrogens (tertiary/aromatic N) is 2. The molecule has 34 heavy (non-hydrogen) atoms. The molecule has 1 atom stereocenters. The molecule has 0 saturated heterocycles. The fourth-order valence-corrected chi connectivity index (χ4v) is 3.76. The molecule has 3 aromatic rings. The molecule has 0 fully saturated rings. The Morgan fingerprint density at radius 1 is 1.03 bits per heavy atom. The number of aryl methyl sites for hydroxylation is 2. The summed E-state index contributed by atoms with van der Waals surface area (Å²) in [5.41, 5.74) is 1.33. The van der Waals surface area contributed by atoms with Gasteiger partial charge in [-0.25, -0.2) is 13.6 Å². The van der Waals surface area contributed by atoms with Crippen molar-refractivity contribution < 1.29 is 18.4 Å². The topological polar surface area (TPSA) is 83.4 Å². The molecule has 0 spiro atoms. The quantitative estimate of drug-likeness (QED) is 0.615. The van der Waals surface area contributed by atoms with Gasteiger partial charge in [-0.1, -0.05) is 12.1 Å². The molecule has 0 unspecified atom stereocenters. The van der Waals surface area contributed by atoms with E-state index in [4.69, 9.17) is 0 Å². The summed E-state index contributed by atoms with van der Waals surface area (Å²) >= 11 is 0. The summed E-state index contributed by atoms with van der Waals surface area (Å²) in [7, 11) is 3.06. The van der Waals surface area contributed by atoms with Crippen molar-refractivity contribution in [1.82, 2.24) is 14.8 Å². The first kappa shape index (κ1) is 22.9. The maximum atomic E-state index is 14.8. The van der Waals surface area contributed by atoms with Crippen LogP contribution in [0.4, 0.5) is 19.3 Å². The second-order valence-electron chi connectivity index (χ2n) is 8.07. The number of nitrogens with one attached hydrogen (secondary N) is 2. The van der Waals surface area contributed by atoms with Gasteiger partial charge in [-0.05, 0) is 54.4 Å². The summed E-state index contributed by atoms with van der Waals surface area (Å²) in [6.45, 7) is 1.63. The van der Waals surface area contributed by atoms with Crippen LogP contribution in [0.2, 0.25) is 0 Å². The molecule has 1 aliphatic heterocycles. The predicted molar refractivity (Wildman–Crippen MR) is 124 cm³/mol. The van der Waals surface area contributed by atoms with Crippen molar-refractivity contribution in [3.05, 3.63) is 99.6 Å². The predicted octanol–water partition coefficient (Wildman–Crippen LogP) is 3.86. The van der Waals surface area contributed by atoms with Crippen LogP contribution in [0.1, 0.15) is 17.2 Å². The summed E-state index contributed by atoms with van der Waals surface area (Å²) < 4.78 is 29.5. The van der Waals surface area contributed by atoms with Crippen LogP contribution in [-0.4, -0.2) is 28.5 Å². The molecular formula is C25H22F2N4O3. The van der Waals surface area contributed by atoms with Crippen molar-refractivity contribution >= 4 is 17.6 Å². The standard InChI is InChI=1S/C25H22F2N4O3/c1-14-11-20(27)18(17-5-4-10-30(2)24(17)33)12-21(14)28-23(32)19-13-31(3)25(34)29-22(19)15-6-8-16(26)9-7-15/h4-13,22H,1-3H3,(H,28,32)(H,29,34)/t22-/m0/s1. The van der Waals surface area contributed by atoms with E-state index in [1.165, 1.54) is 65.2 Å². The van der Waals surface area contributed by atoms with Crippen molar-refractivity contribution in [3.63, 3.8) is 0 Å². The van der Waals surface area contributed by atoms with E-state index in [0.29, 0.717) is 16.8 Å². The minimum atomic E-state index is -0.814. The van der Waals surface area contributed by atoms with Gasteiger partial charge in [0.25, 0.3) is 11.5 Å². The van der Waals surface area contributed by atoms with E-state index < -0.39 is 29.6 Å². The fourth-order valence-electron chi connectivity index (χ4n) is 3.76. The van der Waals surface area contributed by atoms with Crippen molar-refractivity contribution in [1.29, 1.82) is 0 Å². The molecule has 2 heterocycles. The monoisotopic (exact) mass is 464 g/mol. The van der Waals surface area contributed by atoms with Crippen molar-refractivity contribution in [3.8, 4) is 11.1 Å². The van der Waals surface area contributed by atoms with Crippen LogP contribution in [0.15, 0.2) is 71.3 Å². The molecule has 0 bridgehead atoms. The van der Waals surface area contributed by atoms with Crippen LogP contribution in [0.3, 0.4) is 0 Å². The minimum Gasteiger partial charge on any atom is -0.327 e. The number of halogens is 2. The third-order valence-corrected chi connectivity index (χ3v) is 5.67. The number of aromatic nitrogens is 1. The second-order valence-corrected chi connectivity index (χ2v) is 8.07. The van der Waals surface area contributed by atoms with Gasteiger partial charge in [0.15, 0.2) is 0 Å². The number of carbonyl (C=O) groups excluding carboxylic acids is 2. The number of rotatable bonds is 4. The number of carbonyl (C=O) groups is 2. The van der Waals surface area contributed by atoms with Crippen LogP contribution < -0.4 is 16.2 Å². The van der Waals surface area contributed by atoms with E-state index in [9.17, 15) is 23.2 Å². The highest BCUT2D eigenvalue weighted by molar-refractivity contribution is 6.06. The molecule has 0 radical (unpaired) electrons. The van der Waals surface area contributed by atoms with E-state index in [-0.39, 0.29) is 22.3 Å². The Labute approximate surface area is 194 Å². The van der Waals surface area contributed by atoms with E-state index in [1.54, 1.807) is 26.2 Å². The molecule has 1 aromatic heterocycles. The third kappa shape index (κ3) is 4.32. The number of hydrogen-bond donors (Lipinski definition) is 2. The molecule has 4 rings (SSSR count). The lowest BCUT2D eigenvalue weighted by molar-refractivity contribution is -0.113. The summed E-state index contributed by atoms with van der Waals surface area (Å²) in [5, 5.41) is 5.49. The number of benzene rings is 2. The number of hydrogen-bond acceptors (Lipinski definition) is 3. The maximum absolute atomic E-state index is 14.8. The van der Waals surface area contributed by atoms with Crippen LogP contribution >= 0.6 is 0 Å². The average Bonchev–Trinajstić information content (AvgIpc) is 2.80. The zero-order chi connectivity index (χ0) is 24.6. The number of anilines is 1. The largest absolute Gasteiger partial charge is 0.327 e. The third-order valence-electron chi connectivity index (χ3n) is 5.67. The van der Waals surface area contributed by atoms with Crippen LogP contribution in [0, 0.1) is 18.6 Å². The first-order valence-electron chi connectivity index (χ1n) is 10.4. The highest BCUT2D eigenvalue weighted by atomic mass is 19.1. The summed E-state index contributed by atoms with van der Waals surface area (Å²) in [4.78, 5) is 39.2. The molecule has 0 saturated carbocycles. The molecule has 2 N–H and O–H groups in total. The van der Waals surface area contributed by atoms with Gasteiger partial charge in [0.05, 0.1) is 17.2 Å². The molecule has 9 heteroatoms. The Bertz CT molecular complexity index is 1380.